The van der Waals surface area contributed by atoms with Crippen molar-refractivity contribution in [3.8, 4) is 5.75 Å². The maximum atomic E-state index is 10.0. The summed E-state index contributed by atoms with van der Waals surface area (Å²) in [4.78, 5) is 2.25. The van der Waals surface area contributed by atoms with Crippen LogP contribution in [0.2, 0.25) is 0 Å². The molecule has 2 aromatic carbocycles. The molecule has 1 heterocycles. The van der Waals surface area contributed by atoms with E-state index in [1.165, 1.54) is 16.7 Å². The summed E-state index contributed by atoms with van der Waals surface area (Å²) in [5, 5.41) is 19.4. The molecular formula is C27H37NO4. The third-order valence-electron chi connectivity index (χ3n) is 5.76. The molecular weight excluding hydrogens is 402 g/mol. The highest BCUT2D eigenvalue weighted by Crippen LogP contribution is 2.28. The monoisotopic (exact) mass is 439 g/mol. The molecule has 1 aliphatic heterocycles. The normalized spacial score (nSPS) is 21.6. The van der Waals surface area contributed by atoms with Crippen molar-refractivity contribution < 1.29 is 19.7 Å². The highest BCUT2D eigenvalue weighted by Gasteiger charge is 2.29. The van der Waals surface area contributed by atoms with Crippen LogP contribution >= 0.6 is 0 Å². The highest BCUT2D eigenvalue weighted by molar-refractivity contribution is 5.54. The van der Waals surface area contributed by atoms with E-state index >= 15 is 0 Å². The van der Waals surface area contributed by atoms with Crippen LogP contribution in [0.1, 0.15) is 51.7 Å². The first-order valence-corrected chi connectivity index (χ1v) is 11.6. The third kappa shape index (κ3) is 6.83. The van der Waals surface area contributed by atoms with Gasteiger partial charge in [0.1, 0.15) is 5.75 Å². The van der Waals surface area contributed by atoms with Crippen molar-refractivity contribution >= 4 is 5.69 Å². The van der Waals surface area contributed by atoms with Crippen molar-refractivity contribution in [1.29, 1.82) is 0 Å². The number of aliphatic hydroxyl groups is 2. The zero-order valence-electron chi connectivity index (χ0n) is 19.7. The smallest absolute Gasteiger partial charge is 0.202 e. The largest absolute Gasteiger partial charge is 0.465 e. The van der Waals surface area contributed by atoms with Gasteiger partial charge in [-0.15, -0.1) is 0 Å². The number of nitrogens with zero attached hydrogens (tertiary/aromatic N) is 1. The van der Waals surface area contributed by atoms with Crippen molar-refractivity contribution in [2.75, 3.05) is 11.5 Å². The summed E-state index contributed by atoms with van der Waals surface area (Å²) in [5.41, 5.74) is 4.98. The molecule has 1 aliphatic rings. The van der Waals surface area contributed by atoms with Gasteiger partial charge in [0.05, 0.1) is 18.8 Å². The summed E-state index contributed by atoms with van der Waals surface area (Å²) in [6.07, 6.45) is 3.50. The topological polar surface area (TPSA) is 62.2 Å². The van der Waals surface area contributed by atoms with Gasteiger partial charge in [-0.05, 0) is 56.9 Å². The molecule has 0 radical (unpaired) electrons. The Labute approximate surface area is 192 Å². The van der Waals surface area contributed by atoms with Crippen LogP contribution in [-0.2, 0) is 17.6 Å². The van der Waals surface area contributed by atoms with Gasteiger partial charge in [0.25, 0.3) is 0 Å². The lowest BCUT2D eigenvalue weighted by atomic mass is 10.0. The van der Waals surface area contributed by atoms with Crippen LogP contribution in [0.15, 0.2) is 60.3 Å². The third-order valence-corrected chi connectivity index (χ3v) is 5.76. The second-order valence-corrected chi connectivity index (χ2v) is 8.93. The van der Waals surface area contributed by atoms with Crippen molar-refractivity contribution in [3.05, 3.63) is 71.4 Å². The van der Waals surface area contributed by atoms with Crippen LogP contribution in [0.4, 0.5) is 5.69 Å². The predicted molar refractivity (Wildman–Crippen MR) is 129 cm³/mol. The van der Waals surface area contributed by atoms with Crippen LogP contribution in [0.5, 0.6) is 5.75 Å². The Bertz CT molecular complexity index is 877. The predicted octanol–water partition coefficient (Wildman–Crippen LogP) is 4.85. The molecule has 174 valence electrons. The lowest BCUT2D eigenvalue weighted by Gasteiger charge is -2.32. The van der Waals surface area contributed by atoms with Gasteiger partial charge in [0.2, 0.25) is 6.29 Å². The Morgan fingerprint density at radius 2 is 1.88 bits per heavy atom. The number of aliphatic hydroxyl groups excluding tert-OH is 2. The number of hydrogen-bond donors (Lipinski definition) is 2. The number of ether oxygens (including phenoxy) is 2. The van der Waals surface area contributed by atoms with Crippen molar-refractivity contribution in [2.45, 2.75) is 77.9 Å². The summed E-state index contributed by atoms with van der Waals surface area (Å²) < 4.78 is 11.8. The second-order valence-electron chi connectivity index (χ2n) is 8.93. The summed E-state index contributed by atoms with van der Waals surface area (Å²) >= 11 is 0. The molecule has 0 aromatic heterocycles. The maximum absolute atomic E-state index is 10.0. The highest BCUT2D eigenvalue weighted by atomic mass is 16.7. The van der Waals surface area contributed by atoms with Gasteiger partial charge in [-0.25, -0.2) is 0 Å². The number of allylic oxidation sites excluding steroid dienone is 1. The van der Waals surface area contributed by atoms with Gasteiger partial charge in [-0.1, -0.05) is 42.8 Å². The second kappa shape index (κ2) is 11.5. The summed E-state index contributed by atoms with van der Waals surface area (Å²) in [5.74, 6) is 0.685. The molecule has 0 amide bonds. The zero-order valence-corrected chi connectivity index (χ0v) is 19.7. The average Bonchev–Trinajstić information content (AvgIpc) is 2.77. The molecule has 0 saturated carbocycles. The van der Waals surface area contributed by atoms with E-state index in [2.05, 4.69) is 69.1 Å². The summed E-state index contributed by atoms with van der Waals surface area (Å²) in [6.45, 7) is 8.55. The molecule has 3 rings (SSSR count). The van der Waals surface area contributed by atoms with E-state index in [1.807, 2.05) is 18.2 Å². The molecule has 3 atom stereocenters. The van der Waals surface area contributed by atoms with Gasteiger partial charge in [-0.2, -0.15) is 0 Å². The first kappa shape index (κ1) is 24.3. The minimum atomic E-state index is -0.568. The van der Waals surface area contributed by atoms with Gasteiger partial charge < -0.3 is 24.6 Å². The van der Waals surface area contributed by atoms with E-state index in [-0.39, 0.29) is 12.6 Å². The Hall–Kier alpha value is -2.34. The van der Waals surface area contributed by atoms with E-state index in [4.69, 9.17) is 9.47 Å². The summed E-state index contributed by atoms with van der Waals surface area (Å²) in [7, 11) is 0. The fraction of sp³-hybridized carbons (Fsp3) is 0.481. The van der Waals surface area contributed by atoms with Crippen LogP contribution in [0.25, 0.3) is 0 Å². The Morgan fingerprint density at radius 1 is 1.16 bits per heavy atom. The van der Waals surface area contributed by atoms with Gasteiger partial charge >= 0.3 is 0 Å². The van der Waals surface area contributed by atoms with E-state index in [0.717, 1.165) is 18.5 Å². The standard InChI is InChI=1S/C27H37NO4/c1-5-21-9-11-22(12-10-21)13-20(4)17-28(19(2)3)23-7-6-8-25(14-23)31-27-16-24(30)15-26(18-29)32-27/h6-12,14,17,19,24,26-27,29-30H,5,13,15-16,18H2,1-4H3/b20-17+/t24-,26-,27?/m0/s1. The van der Waals surface area contributed by atoms with Gasteiger partial charge in [0, 0.05) is 36.8 Å². The van der Waals surface area contributed by atoms with Crippen molar-refractivity contribution in [3.63, 3.8) is 0 Å². The van der Waals surface area contributed by atoms with Crippen LogP contribution in [0, 0.1) is 0 Å². The molecule has 2 aromatic rings. The van der Waals surface area contributed by atoms with E-state index in [9.17, 15) is 10.2 Å². The zero-order chi connectivity index (χ0) is 23.1. The summed E-state index contributed by atoms with van der Waals surface area (Å²) in [6, 6.07) is 17.0. The maximum Gasteiger partial charge on any atom is 0.202 e. The number of hydrogen-bond acceptors (Lipinski definition) is 5. The molecule has 1 fully saturated rings. The first-order chi connectivity index (χ1) is 15.4. The SMILES string of the molecule is CCc1ccc(C/C(C)=C/N(c2cccc(OC3C[C@@H](O)C[C@@H](CO)O3)c2)C(C)C)cc1. The fourth-order valence-electron chi connectivity index (χ4n) is 4.03. The Morgan fingerprint density at radius 3 is 2.53 bits per heavy atom. The number of benzene rings is 2. The Balaban J connectivity index is 1.72. The van der Waals surface area contributed by atoms with Gasteiger partial charge in [0.15, 0.2) is 0 Å². The first-order valence-electron chi connectivity index (χ1n) is 11.6. The molecule has 32 heavy (non-hydrogen) atoms. The number of rotatable bonds is 9. The molecule has 2 N–H and O–H groups in total. The minimum Gasteiger partial charge on any atom is -0.465 e. The molecule has 5 heteroatoms. The van der Waals surface area contributed by atoms with E-state index in [0.29, 0.717) is 18.6 Å². The molecule has 0 aliphatic carbocycles. The van der Waals surface area contributed by atoms with Crippen LogP contribution < -0.4 is 9.64 Å². The molecule has 0 bridgehead atoms. The van der Waals surface area contributed by atoms with Crippen LogP contribution in [-0.4, -0.2) is 41.4 Å². The molecule has 1 unspecified atom stereocenters. The average molecular weight is 440 g/mol. The van der Waals surface area contributed by atoms with Gasteiger partial charge in [-0.3, -0.25) is 0 Å². The fourth-order valence-corrected chi connectivity index (χ4v) is 4.03. The van der Waals surface area contributed by atoms with Crippen molar-refractivity contribution in [2.24, 2.45) is 0 Å². The van der Waals surface area contributed by atoms with E-state index in [1.54, 1.807) is 0 Å². The quantitative estimate of drug-likeness (QED) is 0.585. The van der Waals surface area contributed by atoms with Crippen molar-refractivity contribution in [1.82, 2.24) is 0 Å². The lowest BCUT2D eigenvalue weighted by molar-refractivity contribution is -0.184. The minimum absolute atomic E-state index is 0.122. The number of aryl methyl sites for hydroxylation is 1. The molecule has 0 spiro atoms. The van der Waals surface area contributed by atoms with Crippen LogP contribution in [0.3, 0.4) is 0 Å². The lowest BCUT2D eigenvalue weighted by Crippen LogP contribution is -2.40. The molecule has 1 saturated heterocycles. The van der Waals surface area contributed by atoms with E-state index < -0.39 is 18.5 Å². The molecule has 5 nitrogen and oxygen atoms in total. The Kier molecular flexibility index (Phi) is 8.74. The number of anilines is 1.